The van der Waals surface area contributed by atoms with Crippen LogP contribution in [0.1, 0.15) is 42.7 Å². The molecule has 0 aliphatic carbocycles. The number of nitrogens with two attached hydrogens (primary N) is 1. The monoisotopic (exact) mass is 536 g/mol. The maximum absolute atomic E-state index is 13.3. The van der Waals surface area contributed by atoms with Crippen LogP contribution in [0.3, 0.4) is 0 Å². The molecular weight excluding hydrogens is 500 g/mol. The fourth-order valence-electron chi connectivity index (χ4n) is 4.85. The van der Waals surface area contributed by atoms with Crippen LogP contribution in [-0.2, 0) is 29.1 Å². The second kappa shape index (κ2) is 13.5. The van der Waals surface area contributed by atoms with Gasteiger partial charge in [-0.05, 0) is 39.9 Å². The van der Waals surface area contributed by atoms with Crippen molar-refractivity contribution in [3.8, 4) is 6.07 Å². The van der Waals surface area contributed by atoms with Crippen molar-refractivity contribution in [1.82, 2.24) is 19.8 Å². The predicted molar refractivity (Wildman–Crippen MR) is 156 cm³/mol. The Morgan fingerprint density at radius 1 is 1.10 bits per heavy atom. The number of imidazole rings is 1. The Bertz CT molecular complexity index is 1480. The third kappa shape index (κ3) is 7.13. The fraction of sp³-hybridized carbons (Fsp3) is 0.312. The number of hydrogen-bond acceptors (Lipinski definition) is 5. The van der Waals surface area contributed by atoms with Gasteiger partial charge in [-0.25, -0.2) is 4.98 Å². The number of nitriles is 1. The van der Waals surface area contributed by atoms with Gasteiger partial charge >= 0.3 is 0 Å². The van der Waals surface area contributed by atoms with Crippen molar-refractivity contribution in [2.45, 2.75) is 45.8 Å². The van der Waals surface area contributed by atoms with Crippen LogP contribution in [0, 0.1) is 17.2 Å². The summed E-state index contributed by atoms with van der Waals surface area (Å²) in [5, 5.41) is 14.4. The highest BCUT2D eigenvalue weighted by Gasteiger charge is 2.25. The minimum absolute atomic E-state index is 0.0968. The maximum Gasteiger partial charge on any atom is 0.236 e. The lowest BCUT2D eigenvalue weighted by Gasteiger charge is -2.31. The first-order chi connectivity index (χ1) is 19.4. The molecule has 2 atom stereocenters. The fourth-order valence-corrected chi connectivity index (χ4v) is 4.85. The summed E-state index contributed by atoms with van der Waals surface area (Å²) >= 11 is 0. The Kier molecular flexibility index (Phi) is 9.66. The van der Waals surface area contributed by atoms with E-state index in [0.717, 1.165) is 34.0 Å². The van der Waals surface area contributed by atoms with Gasteiger partial charge in [0.05, 0.1) is 30.9 Å². The summed E-state index contributed by atoms with van der Waals surface area (Å²) in [5.41, 5.74) is 9.26. The largest absolute Gasteiger partial charge is 0.351 e. The number of amides is 2. The van der Waals surface area contributed by atoms with E-state index in [1.165, 1.54) is 0 Å². The van der Waals surface area contributed by atoms with Crippen molar-refractivity contribution in [1.29, 1.82) is 5.26 Å². The Morgan fingerprint density at radius 2 is 1.85 bits per heavy atom. The summed E-state index contributed by atoms with van der Waals surface area (Å²) in [6.07, 6.45) is 4.42. The Morgan fingerprint density at radius 3 is 2.58 bits per heavy atom. The molecule has 3 aromatic carbocycles. The second-order valence-electron chi connectivity index (χ2n) is 10.2. The lowest BCUT2D eigenvalue weighted by molar-refractivity contribution is -0.131. The molecule has 206 valence electrons. The standard InChI is InChI=1S/C32H36N6O2/c1-3-23(2)30(21-37(32(40)17-34)20-27-9-6-8-26-7-4-5-10-29(26)27)36-31(39)15-28-18-35-22-38(28)19-25-13-11-24(16-33)12-14-25/h4-14,18,22-23,30H,3,15,17,19-21,34H2,1-2H3,(H,36,39). The van der Waals surface area contributed by atoms with Crippen molar-refractivity contribution in [2.75, 3.05) is 13.1 Å². The van der Waals surface area contributed by atoms with Gasteiger partial charge < -0.3 is 20.5 Å². The molecular formula is C32H36N6O2. The molecule has 4 rings (SSSR count). The van der Waals surface area contributed by atoms with Crippen LogP contribution in [0.4, 0.5) is 0 Å². The molecule has 8 nitrogen and oxygen atoms in total. The third-order valence-corrected chi connectivity index (χ3v) is 7.44. The highest BCUT2D eigenvalue weighted by atomic mass is 16.2. The minimum Gasteiger partial charge on any atom is -0.351 e. The average molecular weight is 537 g/mol. The van der Waals surface area contributed by atoms with E-state index in [0.29, 0.717) is 25.2 Å². The molecule has 2 unspecified atom stereocenters. The molecule has 0 saturated carbocycles. The number of hydrogen-bond donors (Lipinski definition) is 2. The summed E-state index contributed by atoms with van der Waals surface area (Å²) in [6, 6.07) is 23.5. The summed E-state index contributed by atoms with van der Waals surface area (Å²) in [6.45, 7) is 5.40. The summed E-state index contributed by atoms with van der Waals surface area (Å²) in [4.78, 5) is 32.2. The quantitative estimate of drug-likeness (QED) is 0.284. The number of nitrogens with one attached hydrogen (secondary N) is 1. The van der Waals surface area contributed by atoms with Crippen molar-refractivity contribution in [3.05, 3.63) is 102 Å². The number of nitrogens with zero attached hydrogens (tertiary/aromatic N) is 4. The van der Waals surface area contributed by atoms with Gasteiger partial charge in [0.15, 0.2) is 0 Å². The molecule has 0 aliphatic heterocycles. The predicted octanol–water partition coefficient (Wildman–Crippen LogP) is 4.02. The Hall–Kier alpha value is -4.48. The summed E-state index contributed by atoms with van der Waals surface area (Å²) in [7, 11) is 0. The molecule has 1 aromatic heterocycles. The SMILES string of the molecule is CCC(C)C(CN(Cc1cccc2ccccc12)C(=O)CN)NC(=O)Cc1cncn1Cc1ccc(C#N)cc1. The summed E-state index contributed by atoms with van der Waals surface area (Å²) < 4.78 is 1.93. The summed E-state index contributed by atoms with van der Waals surface area (Å²) in [5.74, 6) is -0.138. The molecule has 0 aliphatic rings. The second-order valence-corrected chi connectivity index (χ2v) is 10.2. The normalized spacial score (nSPS) is 12.4. The molecule has 0 bridgehead atoms. The van der Waals surface area contributed by atoms with E-state index in [1.807, 2.05) is 41.0 Å². The van der Waals surface area contributed by atoms with Crippen LogP contribution in [-0.4, -0.2) is 45.4 Å². The first-order valence-corrected chi connectivity index (χ1v) is 13.6. The highest BCUT2D eigenvalue weighted by Crippen LogP contribution is 2.21. The van der Waals surface area contributed by atoms with E-state index in [-0.39, 0.29) is 36.7 Å². The Balaban J connectivity index is 1.47. The van der Waals surface area contributed by atoms with Gasteiger partial charge in [0.25, 0.3) is 0 Å². The van der Waals surface area contributed by atoms with Gasteiger partial charge in [0.1, 0.15) is 0 Å². The molecule has 8 heteroatoms. The van der Waals surface area contributed by atoms with E-state index < -0.39 is 0 Å². The van der Waals surface area contributed by atoms with E-state index in [2.05, 4.69) is 48.4 Å². The average Bonchev–Trinajstić information content (AvgIpc) is 3.41. The van der Waals surface area contributed by atoms with Crippen LogP contribution >= 0.6 is 0 Å². The number of carbonyl (C=O) groups excluding carboxylic acids is 2. The minimum atomic E-state index is -0.238. The van der Waals surface area contributed by atoms with Crippen molar-refractivity contribution < 1.29 is 9.59 Å². The van der Waals surface area contributed by atoms with Gasteiger partial charge in [-0.2, -0.15) is 5.26 Å². The van der Waals surface area contributed by atoms with Crippen LogP contribution in [0.25, 0.3) is 10.8 Å². The van der Waals surface area contributed by atoms with E-state index in [1.54, 1.807) is 29.6 Å². The maximum atomic E-state index is 13.3. The zero-order chi connectivity index (χ0) is 28.5. The molecule has 0 spiro atoms. The van der Waals surface area contributed by atoms with Gasteiger partial charge in [-0.3, -0.25) is 9.59 Å². The molecule has 0 fully saturated rings. The molecule has 4 aromatic rings. The number of carbonyl (C=O) groups is 2. The van der Waals surface area contributed by atoms with E-state index in [9.17, 15) is 9.59 Å². The van der Waals surface area contributed by atoms with Crippen LogP contribution in [0.15, 0.2) is 79.3 Å². The van der Waals surface area contributed by atoms with Crippen LogP contribution < -0.4 is 11.1 Å². The molecule has 3 N–H and O–H groups in total. The number of aromatic nitrogens is 2. The van der Waals surface area contributed by atoms with Crippen molar-refractivity contribution in [3.63, 3.8) is 0 Å². The molecule has 2 amide bonds. The van der Waals surface area contributed by atoms with Crippen LogP contribution in [0.5, 0.6) is 0 Å². The van der Waals surface area contributed by atoms with Crippen molar-refractivity contribution in [2.24, 2.45) is 11.7 Å². The van der Waals surface area contributed by atoms with Crippen LogP contribution in [0.2, 0.25) is 0 Å². The number of rotatable bonds is 12. The van der Waals surface area contributed by atoms with Gasteiger partial charge in [0, 0.05) is 37.6 Å². The van der Waals surface area contributed by atoms with E-state index >= 15 is 0 Å². The van der Waals surface area contributed by atoms with Crippen molar-refractivity contribution >= 4 is 22.6 Å². The number of benzene rings is 3. The third-order valence-electron chi connectivity index (χ3n) is 7.44. The topological polar surface area (TPSA) is 117 Å². The first kappa shape index (κ1) is 28.5. The smallest absolute Gasteiger partial charge is 0.236 e. The lowest BCUT2D eigenvalue weighted by atomic mass is 9.97. The van der Waals surface area contributed by atoms with Gasteiger partial charge in [0.2, 0.25) is 11.8 Å². The zero-order valence-electron chi connectivity index (χ0n) is 23.1. The Labute approximate surface area is 235 Å². The molecule has 40 heavy (non-hydrogen) atoms. The first-order valence-electron chi connectivity index (χ1n) is 13.6. The molecule has 0 radical (unpaired) electrons. The van der Waals surface area contributed by atoms with E-state index in [4.69, 9.17) is 11.0 Å². The lowest BCUT2D eigenvalue weighted by Crippen LogP contribution is -2.50. The van der Waals surface area contributed by atoms with Gasteiger partial charge in [-0.1, -0.05) is 74.9 Å². The van der Waals surface area contributed by atoms with Gasteiger partial charge in [-0.15, -0.1) is 0 Å². The molecule has 1 heterocycles. The highest BCUT2D eigenvalue weighted by molar-refractivity contribution is 5.86. The number of fused-ring (bicyclic) bond motifs is 1. The zero-order valence-corrected chi connectivity index (χ0v) is 23.1. The molecule has 0 saturated heterocycles.